The minimum absolute atomic E-state index is 0.0117. The van der Waals surface area contributed by atoms with E-state index in [9.17, 15) is 13.9 Å². The molecule has 2 atom stereocenters. The van der Waals surface area contributed by atoms with Gasteiger partial charge in [-0.15, -0.1) is 0 Å². The summed E-state index contributed by atoms with van der Waals surface area (Å²) in [5, 5.41) is 9.60. The van der Waals surface area contributed by atoms with E-state index in [1.165, 1.54) is 29.8 Å². The van der Waals surface area contributed by atoms with Gasteiger partial charge in [-0.05, 0) is 59.9 Å². The van der Waals surface area contributed by atoms with Crippen molar-refractivity contribution in [2.24, 2.45) is 0 Å². The Morgan fingerprint density at radius 2 is 1.45 bits per heavy atom. The SMILES string of the molecule is CC(c1ccc(-c2ccc(F)cc2)cc1)N1CCC(CCO)(c2ccc(F)cc2)OC1. The molecule has 1 fully saturated rings. The number of aliphatic hydroxyl groups excluding tert-OH is 1. The van der Waals surface area contributed by atoms with E-state index < -0.39 is 5.60 Å². The van der Waals surface area contributed by atoms with Crippen LogP contribution in [0.4, 0.5) is 8.78 Å². The standard InChI is InChI=1S/C26H27F2NO2/c1-19(20-2-4-21(5-3-20)22-6-10-24(27)11-7-22)29-16-14-26(15-17-30,31-18-29)23-8-12-25(28)13-9-23/h2-13,19,30H,14-18H2,1H3. The van der Waals surface area contributed by atoms with Crippen molar-refractivity contribution in [2.75, 3.05) is 19.9 Å². The molecule has 1 aliphatic heterocycles. The van der Waals surface area contributed by atoms with Crippen molar-refractivity contribution in [2.45, 2.75) is 31.4 Å². The second-order valence-electron chi connectivity index (χ2n) is 8.12. The summed E-state index contributed by atoms with van der Waals surface area (Å²) >= 11 is 0. The fourth-order valence-electron chi connectivity index (χ4n) is 4.28. The van der Waals surface area contributed by atoms with Crippen LogP contribution in [-0.2, 0) is 10.3 Å². The highest BCUT2D eigenvalue weighted by Crippen LogP contribution is 2.38. The van der Waals surface area contributed by atoms with Crippen molar-refractivity contribution in [1.29, 1.82) is 0 Å². The van der Waals surface area contributed by atoms with Gasteiger partial charge >= 0.3 is 0 Å². The Bertz CT molecular complexity index is 979. The van der Waals surface area contributed by atoms with Crippen LogP contribution in [0.15, 0.2) is 72.8 Å². The smallest absolute Gasteiger partial charge is 0.123 e. The minimum Gasteiger partial charge on any atom is -0.396 e. The largest absolute Gasteiger partial charge is 0.396 e. The third-order valence-electron chi connectivity index (χ3n) is 6.31. The van der Waals surface area contributed by atoms with Gasteiger partial charge in [-0.25, -0.2) is 8.78 Å². The summed E-state index contributed by atoms with van der Waals surface area (Å²) in [6.45, 7) is 3.39. The van der Waals surface area contributed by atoms with E-state index in [2.05, 4.69) is 36.1 Å². The number of aliphatic hydroxyl groups is 1. The van der Waals surface area contributed by atoms with Crippen molar-refractivity contribution >= 4 is 0 Å². The number of rotatable bonds is 6. The molecule has 1 saturated heterocycles. The summed E-state index contributed by atoms with van der Waals surface area (Å²) in [6.07, 6.45) is 1.20. The van der Waals surface area contributed by atoms with Crippen LogP contribution in [0, 0.1) is 11.6 Å². The second-order valence-corrected chi connectivity index (χ2v) is 8.12. The van der Waals surface area contributed by atoms with Gasteiger partial charge in [-0.1, -0.05) is 48.5 Å². The molecule has 162 valence electrons. The molecule has 1 heterocycles. The Morgan fingerprint density at radius 3 is 1.97 bits per heavy atom. The molecule has 1 N–H and O–H groups in total. The van der Waals surface area contributed by atoms with E-state index in [-0.39, 0.29) is 24.3 Å². The van der Waals surface area contributed by atoms with Gasteiger partial charge in [0.05, 0.1) is 5.60 Å². The topological polar surface area (TPSA) is 32.7 Å². The fraction of sp³-hybridized carbons (Fsp3) is 0.308. The number of hydrogen-bond donors (Lipinski definition) is 1. The zero-order valence-corrected chi connectivity index (χ0v) is 17.6. The van der Waals surface area contributed by atoms with Crippen LogP contribution >= 0.6 is 0 Å². The maximum Gasteiger partial charge on any atom is 0.123 e. The lowest BCUT2D eigenvalue weighted by Crippen LogP contribution is -2.46. The molecule has 0 amide bonds. The molecule has 31 heavy (non-hydrogen) atoms. The van der Waals surface area contributed by atoms with Gasteiger partial charge in [0.15, 0.2) is 0 Å². The van der Waals surface area contributed by atoms with Gasteiger partial charge in [0.1, 0.15) is 18.4 Å². The Labute approximate surface area is 181 Å². The number of hydrogen-bond acceptors (Lipinski definition) is 3. The first-order valence-corrected chi connectivity index (χ1v) is 10.6. The summed E-state index contributed by atoms with van der Waals surface area (Å²) in [5.74, 6) is -0.518. The quantitative estimate of drug-likeness (QED) is 0.556. The van der Waals surface area contributed by atoms with Crippen LogP contribution in [0.5, 0.6) is 0 Å². The Kier molecular flexibility index (Phi) is 6.46. The van der Waals surface area contributed by atoms with Gasteiger partial charge in [-0.3, -0.25) is 4.90 Å². The Hall–Kier alpha value is -2.60. The van der Waals surface area contributed by atoms with Crippen molar-refractivity contribution in [3.05, 3.63) is 95.6 Å². The third-order valence-corrected chi connectivity index (χ3v) is 6.31. The van der Waals surface area contributed by atoms with Crippen molar-refractivity contribution in [3.8, 4) is 11.1 Å². The summed E-state index contributed by atoms with van der Waals surface area (Å²) in [5.41, 5.74) is 3.51. The van der Waals surface area contributed by atoms with Crippen molar-refractivity contribution in [1.82, 2.24) is 4.90 Å². The molecule has 0 aromatic heterocycles. The van der Waals surface area contributed by atoms with E-state index in [0.29, 0.717) is 13.2 Å². The second kappa shape index (κ2) is 9.27. The van der Waals surface area contributed by atoms with Crippen LogP contribution < -0.4 is 0 Å². The number of halogens is 2. The maximum absolute atomic E-state index is 13.4. The predicted molar refractivity (Wildman–Crippen MR) is 117 cm³/mol. The Balaban J connectivity index is 1.45. The molecule has 0 saturated carbocycles. The molecular formula is C26H27F2NO2. The summed E-state index contributed by atoms with van der Waals surface area (Å²) < 4.78 is 32.8. The van der Waals surface area contributed by atoms with Gasteiger partial charge in [0.2, 0.25) is 0 Å². The number of ether oxygens (including phenoxy) is 1. The van der Waals surface area contributed by atoms with Gasteiger partial charge in [0.25, 0.3) is 0 Å². The van der Waals surface area contributed by atoms with Crippen LogP contribution in [0.2, 0.25) is 0 Å². The molecule has 0 spiro atoms. The maximum atomic E-state index is 13.4. The van der Waals surface area contributed by atoms with E-state index in [1.54, 1.807) is 24.3 Å². The molecule has 1 aliphatic rings. The van der Waals surface area contributed by atoms with Crippen molar-refractivity contribution in [3.63, 3.8) is 0 Å². The first-order valence-electron chi connectivity index (χ1n) is 10.6. The van der Waals surface area contributed by atoms with E-state index in [4.69, 9.17) is 4.74 Å². The highest BCUT2D eigenvalue weighted by Gasteiger charge is 2.38. The molecule has 3 aromatic carbocycles. The minimum atomic E-state index is -0.592. The molecular weight excluding hydrogens is 396 g/mol. The zero-order chi connectivity index (χ0) is 21.8. The van der Waals surface area contributed by atoms with E-state index >= 15 is 0 Å². The monoisotopic (exact) mass is 423 g/mol. The normalized spacial score (nSPS) is 20.5. The highest BCUT2D eigenvalue weighted by molar-refractivity contribution is 5.63. The molecule has 0 radical (unpaired) electrons. The average molecular weight is 424 g/mol. The molecule has 0 aliphatic carbocycles. The first-order chi connectivity index (χ1) is 15.0. The Morgan fingerprint density at radius 1 is 0.903 bits per heavy atom. The highest BCUT2D eigenvalue weighted by atomic mass is 19.1. The number of nitrogens with zero attached hydrogens (tertiary/aromatic N) is 1. The van der Waals surface area contributed by atoms with Gasteiger partial charge in [-0.2, -0.15) is 0 Å². The lowest BCUT2D eigenvalue weighted by molar-refractivity contribution is -0.161. The molecule has 3 aromatic rings. The lowest BCUT2D eigenvalue weighted by Gasteiger charge is -2.44. The summed E-state index contributed by atoms with van der Waals surface area (Å²) in [7, 11) is 0. The van der Waals surface area contributed by atoms with Crippen LogP contribution in [0.1, 0.15) is 36.9 Å². The molecule has 5 heteroatoms. The van der Waals surface area contributed by atoms with Gasteiger partial charge < -0.3 is 9.84 Å². The van der Waals surface area contributed by atoms with Crippen molar-refractivity contribution < 1.29 is 18.6 Å². The lowest BCUT2D eigenvalue weighted by atomic mass is 9.85. The third kappa shape index (κ3) is 4.69. The predicted octanol–water partition coefficient (Wildman–Crippen LogP) is 5.65. The number of benzene rings is 3. The first kappa shape index (κ1) is 21.6. The molecule has 0 bridgehead atoms. The van der Waals surface area contributed by atoms with Crippen LogP contribution in [0.25, 0.3) is 11.1 Å². The summed E-state index contributed by atoms with van der Waals surface area (Å²) in [4.78, 5) is 2.26. The zero-order valence-electron chi connectivity index (χ0n) is 17.6. The van der Waals surface area contributed by atoms with Gasteiger partial charge in [0, 0.05) is 25.6 Å². The van der Waals surface area contributed by atoms with E-state index in [0.717, 1.165) is 29.7 Å². The molecule has 3 nitrogen and oxygen atoms in total. The van der Waals surface area contributed by atoms with E-state index in [1.807, 2.05) is 0 Å². The average Bonchev–Trinajstić information content (AvgIpc) is 2.80. The molecule has 4 rings (SSSR count). The summed E-state index contributed by atoms with van der Waals surface area (Å²) in [6, 6.07) is 21.3. The van der Waals surface area contributed by atoms with Crippen LogP contribution in [0.3, 0.4) is 0 Å². The molecule has 2 unspecified atom stereocenters. The van der Waals surface area contributed by atoms with Crippen LogP contribution in [-0.4, -0.2) is 29.9 Å². The fourth-order valence-corrected chi connectivity index (χ4v) is 4.28.